The first kappa shape index (κ1) is 21.4. The first-order chi connectivity index (χ1) is 15.5. The number of thiophene rings is 1. The van der Waals surface area contributed by atoms with Crippen LogP contribution < -0.4 is 14.9 Å². The Balaban J connectivity index is 1.40. The van der Waals surface area contributed by atoms with Crippen LogP contribution in [0.15, 0.2) is 66.2 Å². The van der Waals surface area contributed by atoms with Gasteiger partial charge >= 0.3 is 5.97 Å². The zero-order valence-corrected chi connectivity index (χ0v) is 18.2. The van der Waals surface area contributed by atoms with Gasteiger partial charge in [-0.3, -0.25) is 9.78 Å². The number of hydrogen-bond acceptors (Lipinski definition) is 8. The summed E-state index contributed by atoms with van der Waals surface area (Å²) in [6.45, 7) is 0. The summed E-state index contributed by atoms with van der Waals surface area (Å²) in [6, 6.07) is 12.0. The fourth-order valence-electron chi connectivity index (χ4n) is 2.72. The lowest BCUT2D eigenvalue weighted by Gasteiger charge is -2.03. The van der Waals surface area contributed by atoms with Crippen LogP contribution >= 0.6 is 22.9 Å². The van der Waals surface area contributed by atoms with Gasteiger partial charge in [0.1, 0.15) is 22.1 Å². The molecule has 2 heterocycles. The van der Waals surface area contributed by atoms with E-state index in [9.17, 15) is 9.59 Å². The summed E-state index contributed by atoms with van der Waals surface area (Å²) >= 11 is 7.61. The number of methoxy groups -OCH3 is 1. The van der Waals surface area contributed by atoms with Crippen LogP contribution in [-0.4, -0.2) is 35.2 Å². The second kappa shape index (κ2) is 9.54. The lowest BCUT2D eigenvalue weighted by Crippen LogP contribution is -2.19. The van der Waals surface area contributed by atoms with E-state index in [1.54, 1.807) is 43.5 Å². The largest absolute Gasteiger partial charge is 0.497 e. The van der Waals surface area contributed by atoms with Gasteiger partial charge in [-0.2, -0.15) is 5.10 Å². The molecule has 0 atom stereocenters. The SMILES string of the molecule is COc1ccc2c(Cl)c(C(=O)Oc3ccc(/C=N\NC(=O)c4cnccn4)cc3)sc2c1. The van der Waals surface area contributed by atoms with Crippen LogP contribution in [0.5, 0.6) is 11.5 Å². The molecule has 160 valence electrons. The minimum atomic E-state index is -0.548. The first-order valence-electron chi connectivity index (χ1n) is 9.23. The van der Waals surface area contributed by atoms with Gasteiger partial charge in [0, 0.05) is 22.5 Å². The molecule has 0 fully saturated rings. The van der Waals surface area contributed by atoms with E-state index in [-0.39, 0.29) is 5.69 Å². The summed E-state index contributed by atoms with van der Waals surface area (Å²) < 4.78 is 11.5. The van der Waals surface area contributed by atoms with Crippen molar-refractivity contribution in [1.82, 2.24) is 15.4 Å². The standard InChI is InChI=1S/C22H15ClN4O4S/c1-30-15-6-7-16-18(10-15)32-20(19(16)23)22(29)31-14-4-2-13(3-5-14)11-26-27-21(28)17-12-24-8-9-25-17/h2-12H,1H3,(H,27,28)/b26-11-. The molecule has 4 aromatic rings. The van der Waals surface area contributed by atoms with E-state index < -0.39 is 11.9 Å². The van der Waals surface area contributed by atoms with Crippen LogP contribution in [0.1, 0.15) is 25.7 Å². The fraction of sp³-hybridized carbons (Fsp3) is 0.0455. The van der Waals surface area contributed by atoms with E-state index >= 15 is 0 Å². The Labute approximate surface area is 191 Å². The number of benzene rings is 2. The summed E-state index contributed by atoms with van der Waals surface area (Å²) in [6.07, 6.45) is 5.69. The Morgan fingerprint density at radius 2 is 1.91 bits per heavy atom. The molecule has 0 aliphatic carbocycles. The normalized spacial score (nSPS) is 10.9. The van der Waals surface area contributed by atoms with Crippen molar-refractivity contribution >= 4 is 51.1 Å². The second-order valence-corrected chi connectivity index (χ2v) is 7.79. The predicted molar refractivity (Wildman–Crippen MR) is 122 cm³/mol. The first-order valence-corrected chi connectivity index (χ1v) is 10.4. The number of fused-ring (bicyclic) bond motifs is 1. The Morgan fingerprint density at radius 1 is 1.12 bits per heavy atom. The number of rotatable bonds is 6. The Morgan fingerprint density at radius 3 is 2.62 bits per heavy atom. The van der Waals surface area contributed by atoms with Gasteiger partial charge in [-0.1, -0.05) is 11.6 Å². The minimum absolute atomic E-state index is 0.158. The van der Waals surface area contributed by atoms with E-state index in [0.717, 1.165) is 10.1 Å². The summed E-state index contributed by atoms with van der Waals surface area (Å²) in [5.74, 6) is 0.00729. The summed E-state index contributed by atoms with van der Waals surface area (Å²) in [5, 5.41) is 4.99. The minimum Gasteiger partial charge on any atom is -0.497 e. The number of aromatic nitrogens is 2. The van der Waals surface area contributed by atoms with Crippen molar-refractivity contribution in [3.05, 3.63) is 82.2 Å². The molecule has 32 heavy (non-hydrogen) atoms. The molecule has 4 rings (SSSR count). The highest BCUT2D eigenvalue weighted by molar-refractivity contribution is 7.21. The molecule has 0 spiro atoms. The van der Waals surface area contributed by atoms with Gasteiger partial charge in [-0.05, 0) is 48.0 Å². The highest BCUT2D eigenvalue weighted by Gasteiger charge is 2.19. The number of amides is 1. The summed E-state index contributed by atoms with van der Waals surface area (Å²) in [4.78, 5) is 32.5. The zero-order valence-electron chi connectivity index (χ0n) is 16.6. The summed E-state index contributed by atoms with van der Waals surface area (Å²) in [5.41, 5.74) is 3.21. The van der Waals surface area contributed by atoms with Crippen LogP contribution in [0.3, 0.4) is 0 Å². The molecule has 0 saturated carbocycles. The predicted octanol–water partition coefficient (Wildman–Crippen LogP) is 4.34. The number of hydrogen-bond donors (Lipinski definition) is 1. The Hall–Kier alpha value is -3.82. The van der Waals surface area contributed by atoms with Crippen LogP contribution in [0.4, 0.5) is 0 Å². The number of nitrogens with one attached hydrogen (secondary N) is 1. The molecule has 0 radical (unpaired) electrons. The number of nitrogens with zero attached hydrogens (tertiary/aromatic N) is 3. The molecule has 10 heteroatoms. The smallest absolute Gasteiger partial charge is 0.355 e. The number of ether oxygens (including phenoxy) is 2. The fourth-order valence-corrected chi connectivity index (χ4v) is 4.13. The zero-order chi connectivity index (χ0) is 22.5. The Bertz CT molecular complexity index is 1310. The van der Waals surface area contributed by atoms with Gasteiger partial charge in [0.25, 0.3) is 5.91 Å². The second-order valence-electron chi connectivity index (χ2n) is 6.36. The lowest BCUT2D eigenvalue weighted by atomic mass is 10.2. The van der Waals surface area contributed by atoms with Crippen molar-refractivity contribution in [2.75, 3.05) is 7.11 Å². The number of carbonyl (C=O) groups excluding carboxylic acids is 2. The van der Waals surface area contributed by atoms with Crippen molar-refractivity contribution < 1.29 is 19.1 Å². The molecule has 1 amide bonds. The van der Waals surface area contributed by atoms with Gasteiger partial charge in [0.05, 0.1) is 24.5 Å². The van der Waals surface area contributed by atoms with E-state index in [2.05, 4.69) is 20.5 Å². The average Bonchev–Trinajstić information content (AvgIpc) is 3.16. The van der Waals surface area contributed by atoms with Crippen molar-refractivity contribution in [3.63, 3.8) is 0 Å². The maximum absolute atomic E-state index is 12.6. The van der Waals surface area contributed by atoms with Crippen LogP contribution in [0.2, 0.25) is 5.02 Å². The Kier molecular flexibility index (Phi) is 6.39. The number of halogens is 1. The number of hydrazone groups is 1. The lowest BCUT2D eigenvalue weighted by molar-refractivity contribution is 0.0739. The third-order valence-electron chi connectivity index (χ3n) is 4.29. The van der Waals surface area contributed by atoms with Crippen molar-refractivity contribution in [2.45, 2.75) is 0 Å². The van der Waals surface area contributed by atoms with Crippen molar-refractivity contribution in [1.29, 1.82) is 0 Å². The van der Waals surface area contributed by atoms with Crippen molar-refractivity contribution in [2.24, 2.45) is 5.10 Å². The van der Waals surface area contributed by atoms with Gasteiger partial charge < -0.3 is 9.47 Å². The molecule has 0 aliphatic rings. The highest BCUT2D eigenvalue weighted by Crippen LogP contribution is 2.37. The third-order valence-corrected chi connectivity index (χ3v) is 5.93. The van der Waals surface area contributed by atoms with E-state index in [1.807, 2.05) is 6.07 Å². The average molecular weight is 467 g/mol. The van der Waals surface area contributed by atoms with Gasteiger partial charge in [-0.25, -0.2) is 15.2 Å². The highest BCUT2D eigenvalue weighted by atomic mass is 35.5. The van der Waals surface area contributed by atoms with Gasteiger partial charge in [0.15, 0.2) is 0 Å². The monoisotopic (exact) mass is 466 g/mol. The molecule has 0 saturated heterocycles. The molecule has 2 aromatic heterocycles. The third kappa shape index (κ3) is 4.74. The molecule has 2 aromatic carbocycles. The van der Waals surface area contributed by atoms with Gasteiger partial charge in [-0.15, -0.1) is 11.3 Å². The van der Waals surface area contributed by atoms with E-state index in [0.29, 0.717) is 27.0 Å². The summed E-state index contributed by atoms with van der Waals surface area (Å²) in [7, 11) is 1.58. The topological polar surface area (TPSA) is 103 Å². The molecule has 0 bridgehead atoms. The quantitative estimate of drug-likeness (QED) is 0.196. The van der Waals surface area contributed by atoms with E-state index in [1.165, 1.54) is 36.1 Å². The van der Waals surface area contributed by atoms with Gasteiger partial charge in [0.2, 0.25) is 0 Å². The van der Waals surface area contributed by atoms with Crippen LogP contribution in [0.25, 0.3) is 10.1 Å². The maximum Gasteiger partial charge on any atom is 0.355 e. The molecule has 8 nitrogen and oxygen atoms in total. The van der Waals surface area contributed by atoms with Crippen LogP contribution in [-0.2, 0) is 0 Å². The number of carbonyl (C=O) groups is 2. The molecule has 0 aliphatic heterocycles. The molecular weight excluding hydrogens is 452 g/mol. The van der Waals surface area contributed by atoms with E-state index in [4.69, 9.17) is 21.1 Å². The molecule has 0 unspecified atom stereocenters. The maximum atomic E-state index is 12.6. The number of esters is 1. The van der Waals surface area contributed by atoms with Crippen LogP contribution in [0, 0.1) is 0 Å². The molecular formula is C22H15ClN4O4S. The molecule has 1 N–H and O–H groups in total. The van der Waals surface area contributed by atoms with Crippen molar-refractivity contribution in [3.8, 4) is 11.5 Å².